The Hall–Kier alpha value is -0.860. The number of hydrogen-bond acceptors (Lipinski definition) is 2. The van der Waals surface area contributed by atoms with Gasteiger partial charge in [0.1, 0.15) is 0 Å². The SMILES string of the molecule is CCC1CCC(C)N1Cc1ccccc1CN. The van der Waals surface area contributed by atoms with E-state index in [4.69, 9.17) is 5.73 Å². The van der Waals surface area contributed by atoms with Crippen LogP contribution < -0.4 is 5.73 Å². The van der Waals surface area contributed by atoms with Crippen LogP contribution in [0.4, 0.5) is 0 Å². The number of benzene rings is 1. The Labute approximate surface area is 105 Å². The van der Waals surface area contributed by atoms with Crippen molar-refractivity contribution >= 4 is 0 Å². The molecule has 1 saturated heterocycles. The molecular weight excluding hydrogens is 208 g/mol. The van der Waals surface area contributed by atoms with Gasteiger partial charge in [-0.2, -0.15) is 0 Å². The summed E-state index contributed by atoms with van der Waals surface area (Å²) in [4.78, 5) is 2.65. The number of nitrogens with zero attached hydrogens (tertiary/aromatic N) is 1. The van der Waals surface area contributed by atoms with Crippen molar-refractivity contribution in [3.63, 3.8) is 0 Å². The zero-order valence-corrected chi connectivity index (χ0v) is 11.0. The Kier molecular flexibility index (Phi) is 4.19. The molecule has 2 nitrogen and oxygen atoms in total. The summed E-state index contributed by atoms with van der Waals surface area (Å²) in [6.45, 7) is 6.35. The van der Waals surface area contributed by atoms with Crippen molar-refractivity contribution in [1.29, 1.82) is 0 Å². The van der Waals surface area contributed by atoms with Crippen LogP contribution in [0.15, 0.2) is 24.3 Å². The van der Waals surface area contributed by atoms with Gasteiger partial charge in [0.05, 0.1) is 0 Å². The lowest BCUT2D eigenvalue weighted by atomic mass is 10.1. The van der Waals surface area contributed by atoms with E-state index < -0.39 is 0 Å². The summed E-state index contributed by atoms with van der Waals surface area (Å²) in [5, 5.41) is 0. The molecule has 2 atom stereocenters. The molecule has 0 amide bonds. The second-order valence-electron chi connectivity index (χ2n) is 5.13. The Bertz CT molecular complexity index is 362. The summed E-state index contributed by atoms with van der Waals surface area (Å²) in [5.41, 5.74) is 8.51. The van der Waals surface area contributed by atoms with Crippen molar-refractivity contribution in [3.8, 4) is 0 Å². The molecule has 0 spiro atoms. The van der Waals surface area contributed by atoms with Crippen LogP contribution in [-0.4, -0.2) is 17.0 Å². The molecule has 1 aliphatic heterocycles. The molecule has 0 aromatic heterocycles. The first kappa shape index (κ1) is 12.6. The second-order valence-corrected chi connectivity index (χ2v) is 5.13. The molecule has 0 radical (unpaired) electrons. The van der Waals surface area contributed by atoms with E-state index in [1.54, 1.807) is 0 Å². The Morgan fingerprint density at radius 1 is 1.24 bits per heavy atom. The Morgan fingerprint density at radius 3 is 2.59 bits per heavy atom. The maximum absolute atomic E-state index is 5.81. The highest BCUT2D eigenvalue weighted by Crippen LogP contribution is 2.28. The van der Waals surface area contributed by atoms with Crippen molar-refractivity contribution < 1.29 is 0 Å². The molecule has 0 aliphatic carbocycles. The molecule has 2 rings (SSSR count). The highest BCUT2D eigenvalue weighted by atomic mass is 15.2. The van der Waals surface area contributed by atoms with Crippen LogP contribution >= 0.6 is 0 Å². The van der Waals surface area contributed by atoms with E-state index in [0.717, 1.165) is 12.6 Å². The molecular formula is C15H24N2. The monoisotopic (exact) mass is 232 g/mol. The van der Waals surface area contributed by atoms with Crippen molar-refractivity contribution in [3.05, 3.63) is 35.4 Å². The lowest BCUT2D eigenvalue weighted by Gasteiger charge is -2.28. The fourth-order valence-electron chi connectivity index (χ4n) is 2.96. The van der Waals surface area contributed by atoms with Gasteiger partial charge in [0, 0.05) is 25.2 Å². The third kappa shape index (κ3) is 2.70. The molecule has 1 aromatic rings. The van der Waals surface area contributed by atoms with Crippen LogP contribution in [0.1, 0.15) is 44.2 Å². The Balaban J connectivity index is 2.13. The molecule has 1 aromatic carbocycles. The average Bonchev–Trinajstić information content (AvgIpc) is 2.71. The van der Waals surface area contributed by atoms with E-state index >= 15 is 0 Å². The van der Waals surface area contributed by atoms with Crippen LogP contribution in [0.5, 0.6) is 0 Å². The van der Waals surface area contributed by atoms with Gasteiger partial charge in [-0.3, -0.25) is 4.90 Å². The van der Waals surface area contributed by atoms with Crippen molar-refractivity contribution in [2.45, 2.75) is 58.3 Å². The molecule has 2 N–H and O–H groups in total. The first-order valence-electron chi connectivity index (χ1n) is 6.78. The minimum Gasteiger partial charge on any atom is -0.326 e. The van der Waals surface area contributed by atoms with Gasteiger partial charge in [0.25, 0.3) is 0 Å². The summed E-state index contributed by atoms with van der Waals surface area (Å²) >= 11 is 0. The molecule has 0 saturated carbocycles. The largest absolute Gasteiger partial charge is 0.326 e. The predicted octanol–water partition coefficient (Wildman–Crippen LogP) is 2.91. The van der Waals surface area contributed by atoms with Crippen molar-refractivity contribution in [1.82, 2.24) is 4.90 Å². The highest BCUT2D eigenvalue weighted by Gasteiger charge is 2.29. The second kappa shape index (κ2) is 5.65. The third-order valence-corrected chi connectivity index (χ3v) is 4.12. The van der Waals surface area contributed by atoms with Crippen molar-refractivity contribution in [2.75, 3.05) is 0 Å². The molecule has 1 heterocycles. The molecule has 2 heteroatoms. The minimum absolute atomic E-state index is 0.648. The van der Waals surface area contributed by atoms with Crippen LogP contribution in [0, 0.1) is 0 Å². The van der Waals surface area contributed by atoms with E-state index in [-0.39, 0.29) is 0 Å². The highest BCUT2D eigenvalue weighted by molar-refractivity contribution is 5.27. The maximum Gasteiger partial charge on any atom is 0.0242 e. The molecule has 94 valence electrons. The van der Waals surface area contributed by atoms with Gasteiger partial charge in [-0.1, -0.05) is 31.2 Å². The summed E-state index contributed by atoms with van der Waals surface area (Å²) in [6.07, 6.45) is 3.95. The molecule has 2 unspecified atom stereocenters. The van der Waals surface area contributed by atoms with Crippen LogP contribution in [0.3, 0.4) is 0 Å². The first-order chi connectivity index (χ1) is 8.26. The number of rotatable bonds is 4. The van der Waals surface area contributed by atoms with E-state index in [1.807, 2.05) is 0 Å². The average molecular weight is 232 g/mol. The lowest BCUT2D eigenvalue weighted by molar-refractivity contribution is 0.189. The fourth-order valence-corrected chi connectivity index (χ4v) is 2.96. The standard InChI is InChI=1S/C15H24N2/c1-3-15-9-8-12(2)17(15)11-14-7-5-4-6-13(14)10-16/h4-7,12,15H,3,8-11,16H2,1-2H3. The molecule has 1 aliphatic rings. The molecule has 0 bridgehead atoms. The first-order valence-corrected chi connectivity index (χ1v) is 6.78. The zero-order valence-electron chi connectivity index (χ0n) is 11.0. The zero-order chi connectivity index (χ0) is 12.3. The summed E-state index contributed by atoms with van der Waals surface area (Å²) in [7, 11) is 0. The smallest absolute Gasteiger partial charge is 0.0242 e. The summed E-state index contributed by atoms with van der Waals surface area (Å²) in [5.74, 6) is 0. The predicted molar refractivity (Wildman–Crippen MR) is 72.7 cm³/mol. The summed E-state index contributed by atoms with van der Waals surface area (Å²) < 4.78 is 0. The van der Waals surface area contributed by atoms with Gasteiger partial charge < -0.3 is 5.73 Å². The topological polar surface area (TPSA) is 29.3 Å². The third-order valence-electron chi connectivity index (χ3n) is 4.12. The van der Waals surface area contributed by atoms with Gasteiger partial charge >= 0.3 is 0 Å². The molecule has 17 heavy (non-hydrogen) atoms. The van der Waals surface area contributed by atoms with E-state index in [2.05, 4.69) is 43.0 Å². The van der Waals surface area contributed by atoms with E-state index in [1.165, 1.54) is 30.4 Å². The quantitative estimate of drug-likeness (QED) is 0.865. The maximum atomic E-state index is 5.81. The number of nitrogens with two attached hydrogens (primary N) is 1. The van der Waals surface area contributed by atoms with Crippen LogP contribution in [0.2, 0.25) is 0 Å². The minimum atomic E-state index is 0.648. The van der Waals surface area contributed by atoms with Crippen LogP contribution in [-0.2, 0) is 13.1 Å². The Morgan fingerprint density at radius 2 is 1.94 bits per heavy atom. The fraction of sp³-hybridized carbons (Fsp3) is 0.600. The number of hydrogen-bond donors (Lipinski definition) is 1. The van der Waals surface area contributed by atoms with Gasteiger partial charge in [-0.15, -0.1) is 0 Å². The summed E-state index contributed by atoms with van der Waals surface area (Å²) in [6, 6.07) is 10.0. The van der Waals surface area contributed by atoms with Crippen LogP contribution in [0.25, 0.3) is 0 Å². The van der Waals surface area contributed by atoms with E-state index in [9.17, 15) is 0 Å². The van der Waals surface area contributed by atoms with Gasteiger partial charge in [-0.05, 0) is 37.3 Å². The van der Waals surface area contributed by atoms with Gasteiger partial charge in [0.2, 0.25) is 0 Å². The van der Waals surface area contributed by atoms with E-state index in [0.29, 0.717) is 12.6 Å². The normalized spacial score (nSPS) is 25.4. The van der Waals surface area contributed by atoms with Gasteiger partial charge in [-0.25, -0.2) is 0 Å². The lowest BCUT2D eigenvalue weighted by Crippen LogP contribution is -2.33. The van der Waals surface area contributed by atoms with Crippen molar-refractivity contribution in [2.24, 2.45) is 5.73 Å². The molecule has 1 fully saturated rings. The number of likely N-dealkylation sites (tertiary alicyclic amines) is 1. The van der Waals surface area contributed by atoms with Gasteiger partial charge in [0.15, 0.2) is 0 Å².